The summed E-state index contributed by atoms with van der Waals surface area (Å²) in [6.45, 7) is 1.34. The number of sulfonamides is 1. The van der Waals surface area contributed by atoms with E-state index < -0.39 is 10.0 Å². The zero-order chi connectivity index (χ0) is 17.9. The number of benzene rings is 1. The average Bonchev–Trinajstić information content (AvgIpc) is 3.16. The summed E-state index contributed by atoms with van der Waals surface area (Å²) in [5.41, 5.74) is 0.774. The van der Waals surface area contributed by atoms with Gasteiger partial charge < -0.3 is 4.90 Å². The molecule has 0 saturated carbocycles. The first-order valence-electron chi connectivity index (χ1n) is 7.73. The lowest BCUT2D eigenvalue weighted by Crippen LogP contribution is -2.50. The smallest absolute Gasteiger partial charge is 0.252 e. The van der Waals surface area contributed by atoms with E-state index in [2.05, 4.69) is 0 Å². The zero-order valence-corrected chi connectivity index (χ0v) is 15.7. The number of halogens is 1. The molecule has 1 aromatic heterocycles. The molecule has 2 aromatic rings. The van der Waals surface area contributed by atoms with Crippen LogP contribution in [0.4, 0.5) is 0 Å². The maximum absolute atomic E-state index is 12.5. The van der Waals surface area contributed by atoms with E-state index in [0.29, 0.717) is 35.4 Å². The van der Waals surface area contributed by atoms with E-state index in [0.717, 1.165) is 5.56 Å². The first kappa shape index (κ1) is 18.1. The van der Waals surface area contributed by atoms with Crippen molar-refractivity contribution in [1.29, 1.82) is 0 Å². The van der Waals surface area contributed by atoms with E-state index in [-0.39, 0.29) is 5.91 Å². The molecule has 8 heteroatoms. The highest BCUT2D eigenvalue weighted by atomic mass is 35.5. The molecule has 5 nitrogen and oxygen atoms in total. The minimum absolute atomic E-state index is 0.145. The van der Waals surface area contributed by atoms with Gasteiger partial charge in [0.1, 0.15) is 4.21 Å². The molecule has 3 rings (SSSR count). The van der Waals surface area contributed by atoms with E-state index in [4.69, 9.17) is 11.6 Å². The summed E-state index contributed by atoms with van der Waals surface area (Å²) in [5, 5.41) is 2.32. The number of piperazine rings is 1. The molecule has 1 aromatic carbocycles. The molecule has 0 unspecified atom stereocenters. The molecular formula is C17H17ClN2O3S2. The van der Waals surface area contributed by atoms with E-state index >= 15 is 0 Å². The van der Waals surface area contributed by atoms with Crippen LogP contribution in [0.25, 0.3) is 6.08 Å². The van der Waals surface area contributed by atoms with Gasteiger partial charge >= 0.3 is 0 Å². The number of carbonyl (C=O) groups is 1. The average molecular weight is 397 g/mol. The van der Waals surface area contributed by atoms with Crippen molar-refractivity contribution in [2.75, 3.05) is 26.2 Å². The van der Waals surface area contributed by atoms with Crippen LogP contribution in [-0.4, -0.2) is 49.7 Å². The standard InChI is InChI=1S/C17H17ClN2O3S2/c18-15-5-2-1-4-14(15)7-8-16(21)19-9-11-20(12-10-19)25(22,23)17-6-3-13-24-17/h1-8,13H,9-12H2/b8-7+. The number of rotatable bonds is 4. The fraction of sp³-hybridized carbons (Fsp3) is 0.235. The lowest BCUT2D eigenvalue weighted by Gasteiger charge is -2.33. The Labute approximate surface area is 156 Å². The minimum atomic E-state index is -3.45. The van der Waals surface area contributed by atoms with Crippen molar-refractivity contribution in [3.8, 4) is 0 Å². The Morgan fingerprint density at radius 1 is 1.08 bits per heavy atom. The first-order valence-corrected chi connectivity index (χ1v) is 10.4. The van der Waals surface area contributed by atoms with Gasteiger partial charge in [-0.05, 0) is 29.2 Å². The Bertz CT molecular complexity index is 871. The predicted molar refractivity (Wildman–Crippen MR) is 100 cm³/mol. The van der Waals surface area contributed by atoms with Gasteiger partial charge in [-0.2, -0.15) is 4.31 Å². The van der Waals surface area contributed by atoms with Crippen LogP contribution in [0, 0.1) is 0 Å². The number of nitrogens with zero attached hydrogens (tertiary/aromatic N) is 2. The highest BCUT2D eigenvalue weighted by Crippen LogP contribution is 2.22. The van der Waals surface area contributed by atoms with Crippen LogP contribution in [-0.2, 0) is 14.8 Å². The monoisotopic (exact) mass is 396 g/mol. The van der Waals surface area contributed by atoms with E-state index in [1.54, 1.807) is 34.6 Å². The molecule has 1 aliphatic rings. The molecule has 1 fully saturated rings. The summed E-state index contributed by atoms with van der Waals surface area (Å²) in [4.78, 5) is 13.9. The molecule has 0 N–H and O–H groups in total. The first-order chi connectivity index (χ1) is 12.0. The van der Waals surface area contributed by atoms with Gasteiger partial charge in [-0.15, -0.1) is 11.3 Å². The third-order valence-electron chi connectivity index (χ3n) is 3.95. The summed E-state index contributed by atoms with van der Waals surface area (Å²) >= 11 is 7.27. The van der Waals surface area contributed by atoms with Crippen LogP contribution in [0.3, 0.4) is 0 Å². The van der Waals surface area contributed by atoms with Crippen LogP contribution in [0.2, 0.25) is 5.02 Å². The second-order valence-electron chi connectivity index (χ2n) is 5.52. The maximum Gasteiger partial charge on any atom is 0.252 e. The van der Waals surface area contributed by atoms with Crippen LogP contribution >= 0.6 is 22.9 Å². The molecule has 0 aliphatic carbocycles. The lowest BCUT2D eigenvalue weighted by atomic mass is 10.2. The SMILES string of the molecule is O=C(/C=C/c1ccccc1Cl)N1CCN(S(=O)(=O)c2cccs2)CC1. The van der Waals surface area contributed by atoms with Crippen molar-refractivity contribution in [2.45, 2.75) is 4.21 Å². The normalized spacial score (nSPS) is 16.4. The van der Waals surface area contributed by atoms with Crippen molar-refractivity contribution in [3.63, 3.8) is 0 Å². The molecule has 0 bridgehead atoms. The van der Waals surface area contributed by atoms with Crippen molar-refractivity contribution in [2.24, 2.45) is 0 Å². The van der Waals surface area contributed by atoms with E-state index in [1.165, 1.54) is 21.7 Å². The van der Waals surface area contributed by atoms with Crippen LogP contribution in [0.5, 0.6) is 0 Å². The molecule has 0 atom stereocenters. The Hall–Kier alpha value is -1.67. The van der Waals surface area contributed by atoms with Gasteiger partial charge in [-0.25, -0.2) is 8.42 Å². The lowest BCUT2D eigenvalue weighted by molar-refractivity contribution is -0.127. The number of thiophene rings is 1. The molecule has 0 radical (unpaired) electrons. The van der Waals surface area contributed by atoms with Crippen molar-refractivity contribution in [1.82, 2.24) is 9.21 Å². The summed E-state index contributed by atoms with van der Waals surface area (Å²) in [6, 6.07) is 10.6. The molecule has 1 amide bonds. The summed E-state index contributed by atoms with van der Waals surface area (Å²) in [7, 11) is -3.45. The van der Waals surface area contributed by atoms with Gasteiger partial charge in [0.25, 0.3) is 10.0 Å². The number of hydrogen-bond donors (Lipinski definition) is 0. The highest BCUT2D eigenvalue weighted by Gasteiger charge is 2.30. The molecule has 2 heterocycles. The second-order valence-corrected chi connectivity index (χ2v) is 9.04. The Morgan fingerprint density at radius 2 is 1.80 bits per heavy atom. The largest absolute Gasteiger partial charge is 0.337 e. The quantitative estimate of drug-likeness (QED) is 0.746. The van der Waals surface area contributed by atoms with Crippen molar-refractivity contribution >= 4 is 44.9 Å². The van der Waals surface area contributed by atoms with Gasteiger partial charge in [0, 0.05) is 37.3 Å². The zero-order valence-electron chi connectivity index (χ0n) is 13.3. The molecule has 0 spiro atoms. The number of hydrogen-bond acceptors (Lipinski definition) is 4. The van der Waals surface area contributed by atoms with Gasteiger partial charge in [0.05, 0.1) is 0 Å². The number of carbonyl (C=O) groups excluding carboxylic acids is 1. The number of amides is 1. The fourth-order valence-electron chi connectivity index (χ4n) is 2.56. The molecule has 25 heavy (non-hydrogen) atoms. The van der Waals surface area contributed by atoms with Gasteiger partial charge in [-0.1, -0.05) is 35.9 Å². The second kappa shape index (κ2) is 7.70. The third kappa shape index (κ3) is 4.12. The van der Waals surface area contributed by atoms with Gasteiger partial charge in [0.15, 0.2) is 0 Å². The Morgan fingerprint density at radius 3 is 2.44 bits per heavy atom. The minimum Gasteiger partial charge on any atom is -0.337 e. The van der Waals surface area contributed by atoms with Gasteiger partial charge in [-0.3, -0.25) is 4.79 Å². The Balaban J connectivity index is 1.61. The third-order valence-corrected chi connectivity index (χ3v) is 7.57. The van der Waals surface area contributed by atoms with Crippen molar-refractivity contribution in [3.05, 3.63) is 58.4 Å². The maximum atomic E-state index is 12.5. The summed E-state index contributed by atoms with van der Waals surface area (Å²) in [6.07, 6.45) is 3.16. The molecule has 132 valence electrons. The molecular weight excluding hydrogens is 380 g/mol. The van der Waals surface area contributed by atoms with E-state index in [1.807, 2.05) is 18.2 Å². The summed E-state index contributed by atoms with van der Waals surface area (Å²) < 4.78 is 26.7. The highest BCUT2D eigenvalue weighted by molar-refractivity contribution is 7.91. The topological polar surface area (TPSA) is 57.7 Å². The van der Waals surface area contributed by atoms with Crippen LogP contribution < -0.4 is 0 Å². The van der Waals surface area contributed by atoms with Gasteiger partial charge in [0.2, 0.25) is 5.91 Å². The molecule has 1 aliphatic heterocycles. The Kier molecular flexibility index (Phi) is 5.58. The van der Waals surface area contributed by atoms with Crippen LogP contribution in [0.1, 0.15) is 5.56 Å². The predicted octanol–water partition coefficient (Wildman–Crippen LogP) is 2.95. The van der Waals surface area contributed by atoms with E-state index in [9.17, 15) is 13.2 Å². The molecule has 1 saturated heterocycles. The van der Waals surface area contributed by atoms with Crippen molar-refractivity contribution < 1.29 is 13.2 Å². The van der Waals surface area contributed by atoms with Crippen LogP contribution in [0.15, 0.2) is 52.1 Å². The summed E-state index contributed by atoms with van der Waals surface area (Å²) in [5.74, 6) is -0.145. The fourth-order valence-corrected chi connectivity index (χ4v) is 5.33.